The Labute approximate surface area is 110 Å². The van der Waals surface area contributed by atoms with Crippen molar-refractivity contribution in [3.63, 3.8) is 0 Å². The Morgan fingerprint density at radius 2 is 2.00 bits per heavy atom. The highest BCUT2D eigenvalue weighted by Crippen LogP contribution is 2.32. The van der Waals surface area contributed by atoms with Crippen LogP contribution in [-0.4, -0.2) is 13.1 Å². The van der Waals surface area contributed by atoms with E-state index in [2.05, 4.69) is 4.74 Å². The molecule has 5 nitrogen and oxygen atoms in total. The van der Waals surface area contributed by atoms with Gasteiger partial charge < -0.3 is 14.9 Å². The number of rotatable bonds is 2. The van der Waals surface area contributed by atoms with Crippen molar-refractivity contribution in [1.29, 1.82) is 5.26 Å². The second kappa shape index (κ2) is 4.86. The molecule has 0 radical (unpaired) electrons. The number of nitrogens with zero attached hydrogens (tertiary/aromatic N) is 1. The summed E-state index contributed by atoms with van der Waals surface area (Å²) < 4.78 is 10.0. The lowest BCUT2D eigenvalue weighted by Crippen LogP contribution is -2.00. The highest BCUT2D eigenvalue weighted by atomic mass is 16.5. The van der Waals surface area contributed by atoms with E-state index in [-0.39, 0.29) is 5.88 Å². The summed E-state index contributed by atoms with van der Waals surface area (Å²) >= 11 is 0. The number of esters is 1. The highest BCUT2D eigenvalue weighted by molar-refractivity contribution is 5.90. The van der Waals surface area contributed by atoms with Gasteiger partial charge in [0.15, 0.2) is 0 Å². The molecule has 0 atom stereocenters. The fraction of sp³-hybridized carbons (Fsp3) is 0.143. The van der Waals surface area contributed by atoms with Gasteiger partial charge in [0.2, 0.25) is 5.88 Å². The molecule has 2 N–H and O–H groups in total. The molecule has 2 aromatic rings. The maximum absolute atomic E-state index is 11.3. The van der Waals surface area contributed by atoms with Gasteiger partial charge in [-0.1, -0.05) is 12.1 Å². The standard InChI is InChI=1S/C14H12N2O3/c1-8-11(7-15)13(16)19-12(8)9-3-5-10(6-4-9)14(17)18-2/h3-6H,16H2,1-2H3. The average molecular weight is 256 g/mol. The first-order valence-electron chi connectivity index (χ1n) is 5.56. The summed E-state index contributed by atoms with van der Waals surface area (Å²) in [5, 5.41) is 8.96. The molecular formula is C14H12N2O3. The molecular weight excluding hydrogens is 244 g/mol. The predicted molar refractivity (Wildman–Crippen MR) is 69.3 cm³/mol. The Hall–Kier alpha value is -2.74. The summed E-state index contributed by atoms with van der Waals surface area (Å²) in [6.07, 6.45) is 0. The Morgan fingerprint density at radius 3 is 2.47 bits per heavy atom. The van der Waals surface area contributed by atoms with Gasteiger partial charge in [0, 0.05) is 11.1 Å². The van der Waals surface area contributed by atoms with Crippen LogP contribution in [0.5, 0.6) is 0 Å². The summed E-state index contributed by atoms with van der Waals surface area (Å²) in [4.78, 5) is 11.3. The summed E-state index contributed by atoms with van der Waals surface area (Å²) in [6.45, 7) is 1.77. The molecule has 0 saturated carbocycles. The predicted octanol–water partition coefficient (Wildman–Crippen LogP) is 2.50. The molecule has 0 amide bonds. The van der Waals surface area contributed by atoms with E-state index in [4.69, 9.17) is 15.4 Å². The summed E-state index contributed by atoms with van der Waals surface area (Å²) in [7, 11) is 1.33. The van der Waals surface area contributed by atoms with Crippen LogP contribution in [0.15, 0.2) is 28.7 Å². The third-order valence-corrected chi connectivity index (χ3v) is 2.85. The van der Waals surface area contributed by atoms with Crippen molar-refractivity contribution in [2.24, 2.45) is 0 Å². The normalized spacial score (nSPS) is 9.95. The molecule has 0 aliphatic carbocycles. The molecule has 0 aliphatic heterocycles. The molecule has 96 valence electrons. The molecule has 5 heteroatoms. The van der Waals surface area contributed by atoms with E-state index < -0.39 is 5.97 Å². The fourth-order valence-corrected chi connectivity index (χ4v) is 1.83. The lowest BCUT2D eigenvalue weighted by molar-refractivity contribution is 0.0601. The van der Waals surface area contributed by atoms with Crippen molar-refractivity contribution in [1.82, 2.24) is 0 Å². The van der Waals surface area contributed by atoms with E-state index in [9.17, 15) is 4.79 Å². The molecule has 1 aromatic heterocycles. The van der Waals surface area contributed by atoms with Crippen LogP contribution in [0.1, 0.15) is 21.5 Å². The molecule has 0 fully saturated rings. The first-order chi connectivity index (χ1) is 9.08. The number of nitriles is 1. The first kappa shape index (κ1) is 12.7. The van der Waals surface area contributed by atoms with Crippen LogP contribution >= 0.6 is 0 Å². The number of hydrogen-bond acceptors (Lipinski definition) is 5. The molecule has 19 heavy (non-hydrogen) atoms. The van der Waals surface area contributed by atoms with Crippen molar-refractivity contribution in [3.8, 4) is 17.4 Å². The minimum absolute atomic E-state index is 0.104. The molecule has 2 rings (SSSR count). The molecule has 0 saturated heterocycles. The maximum Gasteiger partial charge on any atom is 0.337 e. The van der Waals surface area contributed by atoms with E-state index in [1.54, 1.807) is 31.2 Å². The Bertz CT molecular complexity index is 663. The van der Waals surface area contributed by atoms with Crippen LogP contribution in [0.25, 0.3) is 11.3 Å². The summed E-state index contributed by atoms with van der Waals surface area (Å²) in [5.41, 5.74) is 7.85. The van der Waals surface area contributed by atoms with Gasteiger partial charge >= 0.3 is 5.97 Å². The van der Waals surface area contributed by atoms with Crippen LogP contribution < -0.4 is 5.73 Å². The minimum Gasteiger partial charge on any atom is -0.465 e. The maximum atomic E-state index is 11.3. The topological polar surface area (TPSA) is 89.2 Å². The second-order valence-electron chi connectivity index (χ2n) is 3.98. The average Bonchev–Trinajstić information content (AvgIpc) is 2.72. The zero-order chi connectivity index (χ0) is 14.0. The third-order valence-electron chi connectivity index (χ3n) is 2.85. The monoisotopic (exact) mass is 256 g/mol. The van der Waals surface area contributed by atoms with Gasteiger partial charge in [0.05, 0.1) is 12.7 Å². The summed E-state index contributed by atoms with van der Waals surface area (Å²) in [5.74, 6) is 0.234. The van der Waals surface area contributed by atoms with E-state index in [0.717, 1.165) is 5.56 Å². The van der Waals surface area contributed by atoms with Crippen molar-refractivity contribution >= 4 is 11.9 Å². The number of carbonyl (C=O) groups is 1. The van der Waals surface area contributed by atoms with Crippen LogP contribution in [0, 0.1) is 18.3 Å². The zero-order valence-corrected chi connectivity index (χ0v) is 10.6. The second-order valence-corrected chi connectivity index (χ2v) is 3.98. The summed E-state index contributed by atoms with van der Waals surface area (Å²) in [6, 6.07) is 8.70. The van der Waals surface area contributed by atoms with Crippen LogP contribution in [-0.2, 0) is 4.74 Å². The van der Waals surface area contributed by atoms with Gasteiger partial charge in [-0.05, 0) is 19.1 Å². The van der Waals surface area contributed by atoms with Crippen molar-refractivity contribution in [2.75, 3.05) is 12.8 Å². The zero-order valence-electron chi connectivity index (χ0n) is 10.6. The molecule has 1 aromatic carbocycles. The van der Waals surface area contributed by atoms with Crippen molar-refractivity contribution in [3.05, 3.63) is 41.0 Å². The minimum atomic E-state index is -0.403. The van der Waals surface area contributed by atoms with Crippen LogP contribution in [0.2, 0.25) is 0 Å². The lowest BCUT2D eigenvalue weighted by Gasteiger charge is -2.01. The SMILES string of the molecule is COC(=O)c1ccc(-c2oc(N)c(C#N)c2C)cc1. The van der Waals surface area contributed by atoms with E-state index in [1.807, 2.05) is 6.07 Å². The number of carbonyl (C=O) groups excluding carboxylic acids is 1. The molecule has 0 aliphatic rings. The number of ether oxygens (including phenoxy) is 1. The Balaban J connectivity index is 2.44. The van der Waals surface area contributed by atoms with E-state index >= 15 is 0 Å². The van der Waals surface area contributed by atoms with Crippen molar-refractivity contribution in [2.45, 2.75) is 6.92 Å². The van der Waals surface area contributed by atoms with Gasteiger partial charge in [-0.3, -0.25) is 0 Å². The molecule has 0 bridgehead atoms. The van der Waals surface area contributed by atoms with Crippen LogP contribution in [0.3, 0.4) is 0 Å². The third kappa shape index (κ3) is 2.16. The lowest BCUT2D eigenvalue weighted by atomic mass is 10.1. The van der Waals surface area contributed by atoms with Gasteiger partial charge in [0.1, 0.15) is 17.4 Å². The van der Waals surface area contributed by atoms with Crippen LogP contribution in [0.4, 0.5) is 5.88 Å². The van der Waals surface area contributed by atoms with Gasteiger partial charge in [-0.15, -0.1) is 0 Å². The number of anilines is 1. The number of methoxy groups -OCH3 is 1. The quantitative estimate of drug-likeness (QED) is 0.834. The first-order valence-corrected chi connectivity index (χ1v) is 5.56. The number of hydrogen-bond donors (Lipinski definition) is 1. The molecule has 1 heterocycles. The van der Waals surface area contributed by atoms with Gasteiger partial charge in [-0.25, -0.2) is 4.79 Å². The van der Waals surface area contributed by atoms with Crippen molar-refractivity contribution < 1.29 is 13.9 Å². The van der Waals surface area contributed by atoms with E-state index in [1.165, 1.54) is 7.11 Å². The van der Waals surface area contributed by atoms with Gasteiger partial charge in [0.25, 0.3) is 0 Å². The number of nitrogen functional groups attached to an aromatic ring is 1. The smallest absolute Gasteiger partial charge is 0.337 e. The van der Waals surface area contributed by atoms with E-state index in [0.29, 0.717) is 22.5 Å². The Kier molecular flexibility index (Phi) is 3.25. The largest absolute Gasteiger partial charge is 0.465 e. The van der Waals surface area contributed by atoms with Gasteiger partial charge in [-0.2, -0.15) is 5.26 Å². The number of furan rings is 1. The molecule has 0 unspecified atom stereocenters. The highest BCUT2D eigenvalue weighted by Gasteiger charge is 2.16. The number of benzene rings is 1. The fourth-order valence-electron chi connectivity index (χ4n) is 1.83. The molecule has 0 spiro atoms. The Morgan fingerprint density at radius 1 is 1.37 bits per heavy atom. The number of nitrogens with two attached hydrogens (primary N) is 1.